The Morgan fingerprint density at radius 1 is 0.814 bits per heavy atom. The van der Waals surface area contributed by atoms with Crippen molar-refractivity contribution in [2.75, 3.05) is 4.43 Å². The number of hydrogen-bond acceptors (Lipinski definition) is 4. The van der Waals surface area contributed by atoms with E-state index in [1.165, 1.54) is 10.4 Å². The van der Waals surface area contributed by atoms with Gasteiger partial charge in [0.1, 0.15) is 6.10 Å². The van der Waals surface area contributed by atoms with Crippen LogP contribution < -0.4 is 10.4 Å². The lowest BCUT2D eigenvalue weighted by Crippen LogP contribution is -2.67. The lowest BCUT2D eigenvalue weighted by Gasteiger charge is -2.45. The second-order valence-corrected chi connectivity index (χ2v) is 25.3. The molecule has 1 aliphatic rings. The van der Waals surface area contributed by atoms with Crippen molar-refractivity contribution in [2.24, 2.45) is 5.92 Å². The Balaban J connectivity index is 1.99. The van der Waals surface area contributed by atoms with Crippen LogP contribution in [0.2, 0.25) is 23.2 Å². The molecule has 3 rings (SSSR count). The first kappa shape index (κ1) is 36.6. The highest BCUT2D eigenvalue weighted by Gasteiger charge is 2.52. The van der Waals surface area contributed by atoms with Gasteiger partial charge in [-0.05, 0) is 66.7 Å². The van der Waals surface area contributed by atoms with Gasteiger partial charge in [0.2, 0.25) is 0 Å². The summed E-state index contributed by atoms with van der Waals surface area (Å²) in [7, 11) is -4.76. The van der Waals surface area contributed by atoms with Gasteiger partial charge >= 0.3 is 0 Å². The third kappa shape index (κ3) is 8.71. The molecule has 1 heterocycles. The van der Waals surface area contributed by atoms with Gasteiger partial charge in [-0.2, -0.15) is 0 Å². The second-order valence-electron chi connectivity index (χ2n) is 15.2. The molecule has 2 aromatic carbocycles. The summed E-state index contributed by atoms with van der Waals surface area (Å²) in [5, 5.41) is 2.61. The minimum absolute atomic E-state index is 0.00703. The largest absolute Gasteiger partial charge is 0.408 e. The summed E-state index contributed by atoms with van der Waals surface area (Å²) in [6.45, 7) is 27.1. The SMILES string of the molecule is CC(O[Si](c1ccccc1)(c1ccccc1)C(C)(C)C)[C@H](C)/C=C\C(O[Si](C)(C)C(C)(C)C)[C@H]1OC(C)(C)O[C@H]1CCI. The molecule has 4 nitrogen and oxygen atoms in total. The molecule has 5 atom stereocenters. The van der Waals surface area contributed by atoms with Gasteiger partial charge in [-0.15, -0.1) is 0 Å². The highest BCUT2D eigenvalue weighted by molar-refractivity contribution is 14.1. The highest BCUT2D eigenvalue weighted by atomic mass is 127. The Bertz CT molecular complexity index is 1130. The molecule has 0 N–H and O–H groups in total. The fourth-order valence-electron chi connectivity index (χ4n) is 5.72. The smallest absolute Gasteiger partial charge is 0.261 e. The Morgan fingerprint density at radius 3 is 1.77 bits per heavy atom. The molecule has 0 aliphatic carbocycles. The van der Waals surface area contributed by atoms with E-state index in [-0.39, 0.29) is 40.4 Å². The summed E-state index contributed by atoms with van der Waals surface area (Å²) < 4.78 is 28.5. The average Bonchev–Trinajstić information content (AvgIpc) is 3.22. The normalized spacial score (nSPS) is 22.1. The molecule has 2 unspecified atom stereocenters. The Morgan fingerprint density at radius 2 is 1.33 bits per heavy atom. The van der Waals surface area contributed by atoms with E-state index in [1.807, 2.05) is 13.8 Å². The molecule has 0 radical (unpaired) electrons. The molecule has 240 valence electrons. The minimum atomic E-state index is -2.66. The maximum atomic E-state index is 7.44. The van der Waals surface area contributed by atoms with Crippen LogP contribution in [0.3, 0.4) is 0 Å². The molecule has 1 saturated heterocycles. The van der Waals surface area contributed by atoms with Crippen molar-refractivity contribution in [3.05, 3.63) is 72.8 Å². The average molecular weight is 737 g/mol. The van der Waals surface area contributed by atoms with Gasteiger partial charge in [0, 0.05) is 10.5 Å². The number of ether oxygens (including phenoxy) is 2. The first-order valence-corrected chi connectivity index (χ1v) is 22.3. The van der Waals surface area contributed by atoms with E-state index in [0.29, 0.717) is 0 Å². The molecule has 43 heavy (non-hydrogen) atoms. The summed E-state index contributed by atoms with van der Waals surface area (Å²) in [5.41, 5.74) is 0. The molecule has 0 bridgehead atoms. The summed E-state index contributed by atoms with van der Waals surface area (Å²) in [5.74, 6) is -0.472. The zero-order chi connectivity index (χ0) is 32.3. The van der Waals surface area contributed by atoms with Crippen LogP contribution in [0.5, 0.6) is 0 Å². The molecular formula is C36H57IO4Si2. The van der Waals surface area contributed by atoms with E-state index in [9.17, 15) is 0 Å². The maximum Gasteiger partial charge on any atom is 0.261 e. The Hall–Kier alpha value is -0.816. The fourth-order valence-corrected chi connectivity index (χ4v) is 12.4. The van der Waals surface area contributed by atoms with Crippen molar-refractivity contribution >= 4 is 49.6 Å². The zero-order valence-electron chi connectivity index (χ0n) is 28.7. The molecule has 1 fully saturated rings. The molecule has 7 heteroatoms. The van der Waals surface area contributed by atoms with Crippen LogP contribution in [-0.4, -0.2) is 51.3 Å². The van der Waals surface area contributed by atoms with Crippen LogP contribution >= 0.6 is 22.6 Å². The standard InChI is InChI=1S/C36H57IO4Si2/c1-27(23-24-32(41-42(11,12)34(3,4)5)33-31(25-26-37)38-36(9,10)39-33)28(2)40-43(35(6,7)8,29-19-15-13-16-20-29)30-21-17-14-18-22-30/h13-24,27-28,31-33H,25-26H2,1-12H3/b24-23-/t27-,28?,31+,32?,33+/m1/s1. The minimum Gasteiger partial charge on any atom is -0.408 e. The van der Waals surface area contributed by atoms with Crippen molar-refractivity contribution in [2.45, 2.75) is 129 Å². The van der Waals surface area contributed by atoms with Crippen molar-refractivity contribution in [3.8, 4) is 0 Å². The third-order valence-electron chi connectivity index (χ3n) is 9.30. The van der Waals surface area contributed by atoms with Crippen LogP contribution in [0.4, 0.5) is 0 Å². The Labute approximate surface area is 278 Å². The second kappa shape index (κ2) is 14.3. The van der Waals surface area contributed by atoms with Crippen molar-refractivity contribution in [3.63, 3.8) is 0 Å². The topological polar surface area (TPSA) is 36.9 Å². The molecule has 0 saturated carbocycles. The van der Waals surface area contributed by atoms with Gasteiger partial charge in [0.05, 0.1) is 12.2 Å². The van der Waals surface area contributed by atoms with Gasteiger partial charge < -0.3 is 18.3 Å². The van der Waals surface area contributed by atoms with Crippen LogP contribution in [0, 0.1) is 5.92 Å². The molecule has 1 aliphatic heterocycles. The van der Waals surface area contributed by atoms with Gasteiger partial charge in [0.15, 0.2) is 14.1 Å². The lowest BCUT2D eigenvalue weighted by molar-refractivity contribution is -0.151. The quantitative estimate of drug-likeness (QED) is 0.0945. The van der Waals surface area contributed by atoms with Crippen LogP contribution in [0.15, 0.2) is 72.8 Å². The summed E-state index contributed by atoms with van der Waals surface area (Å²) in [6.07, 6.45) is 5.12. The predicted molar refractivity (Wildman–Crippen MR) is 196 cm³/mol. The number of halogens is 1. The number of benzene rings is 2. The van der Waals surface area contributed by atoms with E-state index >= 15 is 0 Å². The van der Waals surface area contributed by atoms with Crippen molar-refractivity contribution in [1.29, 1.82) is 0 Å². The van der Waals surface area contributed by atoms with Gasteiger partial charge in [-0.1, -0.05) is 144 Å². The number of alkyl halides is 1. The van der Waals surface area contributed by atoms with Gasteiger partial charge in [-0.3, -0.25) is 0 Å². The van der Waals surface area contributed by atoms with E-state index in [1.54, 1.807) is 0 Å². The van der Waals surface area contributed by atoms with Crippen LogP contribution in [-0.2, 0) is 18.3 Å². The van der Waals surface area contributed by atoms with E-state index in [4.69, 9.17) is 18.3 Å². The van der Waals surface area contributed by atoms with Crippen LogP contribution in [0.1, 0.15) is 75.7 Å². The molecule has 0 aromatic heterocycles. The summed E-state index contributed by atoms with van der Waals surface area (Å²) in [6, 6.07) is 21.8. The van der Waals surface area contributed by atoms with Crippen molar-refractivity contribution in [1.82, 2.24) is 0 Å². The highest BCUT2D eigenvalue weighted by Crippen LogP contribution is 2.41. The lowest BCUT2D eigenvalue weighted by atomic mass is 10.0. The maximum absolute atomic E-state index is 7.44. The first-order chi connectivity index (χ1) is 19.8. The van der Waals surface area contributed by atoms with Gasteiger partial charge in [-0.25, -0.2) is 0 Å². The fraction of sp³-hybridized carbons (Fsp3) is 0.611. The Kier molecular flexibility index (Phi) is 12.2. The van der Waals surface area contributed by atoms with Gasteiger partial charge in [0.25, 0.3) is 8.32 Å². The van der Waals surface area contributed by atoms with Crippen molar-refractivity contribution < 1.29 is 18.3 Å². The third-order valence-corrected chi connectivity index (χ3v) is 19.5. The first-order valence-electron chi connectivity index (χ1n) is 15.9. The van der Waals surface area contributed by atoms with E-state index in [0.717, 1.165) is 10.8 Å². The molecule has 0 spiro atoms. The summed E-state index contributed by atoms with van der Waals surface area (Å²) >= 11 is 2.43. The monoisotopic (exact) mass is 736 g/mol. The zero-order valence-corrected chi connectivity index (χ0v) is 32.9. The van der Waals surface area contributed by atoms with E-state index in [2.05, 4.69) is 164 Å². The number of rotatable bonds is 12. The molecule has 2 aromatic rings. The molecular weight excluding hydrogens is 679 g/mol. The van der Waals surface area contributed by atoms with Crippen LogP contribution in [0.25, 0.3) is 0 Å². The molecule has 0 amide bonds. The number of hydrogen-bond donors (Lipinski definition) is 0. The van der Waals surface area contributed by atoms with E-state index < -0.39 is 22.4 Å². The predicted octanol–water partition coefficient (Wildman–Crippen LogP) is 8.88. The summed E-state index contributed by atoms with van der Waals surface area (Å²) in [4.78, 5) is 0.